The number of rotatable bonds is 8. The molecule has 11 atom stereocenters. The molecule has 0 spiro atoms. The van der Waals surface area contributed by atoms with Gasteiger partial charge in [-0.05, 0) is 0 Å². The van der Waals surface area contributed by atoms with Crippen LogP contribution in [0, 0.1) is 0 Å². The van der Waals surface area contributed by atoms with Crippen LogP contribution < -0.4 is 4.74 Å². The van der Waals surface area contributed by atoms with E-state index in [1.165, 1.54) is 25.3 Å². The molecular weight excluding hydrogens is 608 g/mol. The molecule has 45 heavy (non-hydrogen) atoms. The molecule has 12 N–H and O–H groups in total. The van der Waals surface area contributed by atoms with Crippen LogP contribution in [0.5, 0.6) is 17.2 Å². The molecule has 0 radical (unpaired) electrons. The Labute approximate surface area is 254 Å². The number of ether oxygens (including phenoxy) is 6. The average Bonchev–Trinajstić information content (AvgIpc) is 3.02. The normalized spacial score (nSPS) is 36.6. The summed E-state index contributed by atoms with van der Waals surface area (Å²) in [6, 6.07) is 2.43. The zero-order valence-corrected chi connectivity index (χ0v) is 23.6. The first-order valence-corrected chi connectivity index (χ1v) is 13.7. The van der Waals surface area contributed by atoms with Gasteiger partial charge in [-0.3, -0.25) is 0 Å². The van der Waals surface area contributed by atoms with Crippen LogP contribution >= 0.6 is 0 Å². The second kappa shape index (κ2) is 13.0. The van der Waals surface area contributed by atoms with E-state index in [4.69, 9.17) is 23.7 Å². The highest BCUT2D eigenvalue weighted by atomic mass is 16.7. The Morgan fingerprint density at radius 2 is 1.33 bits per heavy atom. The van der Waals surface area contributed by atoms with E-state index in [1.54, 1.807) is 0 Å². The monoisotopic (exact) mass is 643 g/mol. The van der Waals surface area contributed by atoms with Crippen molar-refractivity contribution in [2.75, 3.05) is 20.3 Å². The van der Waals surface area contributed by atoms with Crippen LogP contribution in [0.1, 0.15) is 5.56 Å². The molecule has 17 nitrogen and oxygen atoms in total. The highest BCUT2D eigenvalue weighted by Gasteiger charge is 2.48. The van der Waals surface area contributed by atoms with Crippen molar-refractivity contribution < 1.29 is 84.6 Å². The quantitative estimate of drug-likeness (QED) is 0.0972. The number of methoxy groups -OCH3 is 1. The van der Waals surface area contributed by atoms with Gasteiger partial charge in [0.15, 0.2) is 11.5 Å². The van der Waals surface area contributed by atoms with Gasteiger partial charge in [-0.25, -0.2) is 0 Å². The van der Waals surface area contributed by atoms with E-state index in [0.29, 0.717) is 0 Å². The van der Waals surface area contributed by atoms with Crippen LogP contribution in [-0.2, 0) is 18.9 Å². The Balaban J connectivity index is 1.57. The number of aromatic hydroxyl groups is 2. The fourth-order valence-corrected chi connectivity index (χ4v) is 5.21. The van der Waals surface area contributed by atoms with Crippen LogP contribution in [0.4, 0.5) is 0 Å². The molecule has 1 aromatic carbocycles. The third-order valence-corrected chi connectivity index (χ3v) is 7.73. The first-order valence-electron chi connectivity index (χ1n) is 13.7. The Morgan fingerprint density at radius 3 is 1.89 bits per heavy atom. The minimum atomic E-state index is -1.83. The maximum atomic E-state index is 10.6. The van der Waals surface area contributed by atoms with Crippen LogP contribution in [0.25, 0.3) is 5.76 Å². The van der Waals surface area contributed by atoms with Gasteiger partial charge in [0.25, 0.3) is 0 Å². The summed E-state index contributed by atoms with van der Waals surface area (Å²) in [5.74, 6) is -2.06. The first kappa shape index (κ1) is 32.8. The van der Waals surface area contributed by atoms with Gasteiger partial charge in [0.2, 0.25) is 30.2 Å². The number of phenolic OH excluding ortho intramolecular Hbond substituents is 2. The predicted octanol–water partition coefficient (Wildman–Crippen LogP) is -3.42. The number of hydrogen-bond donors (Lipinski definition) is 11. The number of fused-ring (bicyclic) bond motifs is 1. The Morgan fingerprint density at radius 1 is 0.756 bits per heavy atom. The standard InChI is InChI=1S/C28H34O17/c1-40-15-3-9(2-12(32)19(15)33)26-16(43-28-25(39)23(37)21(35)18(8-30)45-28)6-11-13(41-26)4-10(31)5-14(11)42-27-24(38)22(36)20(34)17(7-29)44-27/h2-6,13,17-18,20-25,27-39H,7-8H2,1H3/p+1/t13?,17-,18-,20-,21-,22+,23+,24-,25-,27-,28-/m1/s1. The lowest BCUT2D eigenvalue weighted by Crippen LogP contribution is -2.59. The van der Waals surface area contributed by atoms with Crippen LogP contribution in [0.3, 0.4) is 0 Å². The molecule has 2 fully saturated rings. The number of phenols is 2. The van der Waals surface area contributed by atoms with E-state index >= 15 is 0 Å². The molecule has 1 aliphatic carbocycles. The van der Waals surface area contributed by atoms with Crippen LogP contribution in [-0.4, -0.2) is 149 Å². The summed E-state index contributed by atoms with van der Waals surface area (Å²) >= 11 is 0. The summed E-state index contributed by atoms with van der Waals surface area (Å²) < 4.78 is 32.3. The van der Waals surface area contributed by atoms with E-state index in [1.807, 2.05) is 0 Å². The fourth-order valence-electron chi connectivity index (χ4n) is 5.21. The van der Waals surface area contributed by atoms with Crippen molar-refractivity contribution in [1.82, 2.24) is 0 Å². The molecule has 17 heteroatoms. The Kier molecular flexibility index (Phi) is 9.47. The lowest BCUT2D eigenvalue weighted by Gasteiger charge is -2.41. The Bertz CT molecular complexity index is 1380. The van der Waals surface area contributed by atoms with Gasteiger partial charge in [0.05, 0.1) is 37.5 Å². The fraction of sp³-hybridized carbons (Fsp3) is 0.500. The minimum Gasteiger partial charge on any atom is -0.571 e. The summed E-state index contributed by atoms with van der Waals surface area (Å²) in [5, 5.41) is 112. The summed E-state index contributed by atoms with van der Waals surface area (Å²) in [6.45, 7) is -1.46. The molecule has 0 saturated carbocycles. The molecule has 248 valence electrons. The summed E-state index contributed by atoms with van der Waals surface area (Å²) in [7, 11) is 1.24. The van der Waals surface area contributed by atoms with Gasteiger partial charge in [0, 0.05) is 24.3 Å². The average molecular weight is 644 g/mol. The lowest BCUT2D eigenvalue weighted by molar-refractivity contribution is -0.292. The molecule has 1 aromatic rings. The van der Waals surface area contributed by atoms with Crippen LogP contribution in [0.2, 0.25) is 0 Å². The Hall–Kier alpha value is -3.62. The van der Waals surface area contributed by atoms with Gasteiger partial charge >= 0.3 is 5.76 Å². The van der Waals surface area contributed by atoms with E-state index in [9.17, 15) is 56.2 Å². The molecule has 1 unspecified atom stereocenters. The highest BCUT2D eigenvalue weighted by Crippen LogP contribution is 2.43. The first-order chi connectivity index (χ1) is 21.4. The molecule has 3 aliphatic heterocycles. The topological polar surface area (TPSA) is 281 Å². The smallest absolute Gasteiger partial charge is 0.305 e. The van der Waals surface area contributed by atoms with Gasteiger partial charge in [-0.2, -0.15) is 0 Å². The maximum absolute atomic E-state index is 10.6. The van der Waals surface area contributed by atoms with Gasteiger partial charge in [0.1, 0.15) is 60.4 Å². The third-order valence-electron chi connectivity index (χ3n) is 7.73. The number of allylic oxidation sites excluding steroid dienone is 2. The molecule has 4 aliphatic rings. The summed E-state index contributed by atoms with van der Waals surface area (Å²) in [4.78, 5) is 0. The van der Waals surface area contributed by atoms with E-state index in [2.05, 4.69) is 4.74 Å². The van der Waals surface area contributed by atoms with Gasteiger partial charge < -0.3 is 84.6 Å². The SMILES string of the molecule is COc1cc(C2=C(O[C@@H]3O[C@H](CO)[C@@H](O)[C@H](O)[C@H]3O)C=C3C(O[C@@H]4O[C@H](CO)[C@@H](O)[C@H](O)[C@H]4O)=CC(O)=CC3[OH+]2)cc(O)c1O. The van der Waals surface area contributed by atoms with Crippen molar-refractivity contribution in [3.8, 4) is 17.2 Å². The lowest BCUT2D eigenvalue weighted by atomic mass is 9.96. The second-order valence-electron chi connectivity index (χ2n) is 10.7. The van der Waals surface area contributed by atoms with Gasteiger partial charge in [-0.1, -0.05) is 0 Å². The third kappa shape index (κ3) is 6.15. The number of hydrogen-bond acceptors (Lipinski definition) is 16. The molecule has 0 amide bonds. The van der Waals surface area contributed by atoms with Crippen LogP contribution in [0.15, 0.2) is 53.2 Å². The summed E-state index contributed by atoms with van der Waals surface area (Å²) in [6.07, 6.45) is -13.7. The predicted molar refractivity (Wildman–Crippen MR) is 146 cm³/mol. The molecule has 3 heterocycles. The molecular formula is C28H35O17+. The zero-order valence-electron chi connectivity index (χ0n) is 23.6. The summed E-state index contributed by atoms with van der Waals surface area (Å²) in [5.41, 5.74) is 0.263. The zero-order chi connectivity index (χ0) is 32.7. The van der Waals surface area contributed by atoms with Crippen molar-refractivity contribution in [2.24, 2.45) is 0 Å². The molecule has 0 aromatic heterocycles. The van der Waals surface area contributed by atoms with Crippen molar-refractivity contribution in [1.29, 1.82) is 0 Å². The molecule has 5 rings (SSSR count). The highest BCUT2D eigenvalue weighted by molar-refractivity contribution is 5.71. The number of aliphatic hydroxyl groups excluding tert-OH is 9. The maximum Gasteiger partial charge on any atom is 0.305 e. The van der Waals surface area contributed by atoms with E-state index < -0.39 is 92.2 Å². The van der Waals surface area contributed by atoms with Gasteiger partial charge in [-0.15, -0.1) is 0 Å². The number of aliphatic hydroxyl groups is 11. The second-order valence-corrected chi connectivity index (χ2v) is 10.7. The number of benzene rings is 1. The van der Waals surface area contributed by atoms with Crippen molar-refractivity contribution >= 4 is 5.76 Å². The largest absolute Gasteiger partial charge is 0.571 e. The van der Waals surface area contributed by atoms with Crippen molar-refractivity contribution in [3.63, 3.8) is 0 Å². The van der Waals surface area contributed by atoms with E-state index in [0.717, 1.165) is 12.1 Å². The van der Waals surface area contributed by atoms with Crippen molar-refractivity contribution in [2.45, 2.75) is 67.5 Å². The van der Waals surface area contributed by atoms with Crippen molar-refractivity contribution in [3.05, 3.63) is 58.8 Å². The molecule has 2 saturated heterocycles. The minimum absolute atomic E-state index is 0.0487. The molecule has 0 bridgehead atoms. The van der Waals surface area contributed by atoms with E-state index in [-0.39, 0.29) is 39.9 Å².